The Balaban J connectivity index is 2.34. The van der Waals surface area contributed by atoms with Crippen molar-refractivity contribution in [2.45, 2.75) is 33.2 Å². The Hall–Kier alpha value is -2.04. The van der Waals surface area contributed by atoms with E-state index in [-0.39, 0.29) is 12.6 Å². The van der Waals surface area contributed by atoms with Crippen molar-refractivity contribution in [2.24, 2.45) is 0 Å². The average molecular weight is 264 g/mol. The van der Waals surface area contributed by atoms with Crippen molar-refractivity contribution in [3.8, 4) is 5.75 Å². The Morgan fingerprint density at radius 1 is 1.37 bits per heavy atom. The molecule has 1 aromatic carbocycles. The summed E-state index contributed by atoms with van der Waals surface area (Å²) in [5.41, 5.74) is 1.05. The summed E-state index contributed by atoms with van der Waals surface area (Å²) >= 11 is 0. The van der Waals surface area contributed by atoms with Crippen molar-refractivity contribution in [2.75, 3.05) is 6.61 Å². The molecular formula is C14H20N2O3. The maximum Gasteiger partial charge on any atom is 0.321 e. The van der Waals surface area contributed by atoms with Crippen molar-refractivity contribution in [1.82, 2.24) is 10.6 Å². The van der Waals surface area contributed by atoms with Crippen molar-refractivity contribution >= 4 is 11.9 Å². The van der Waals surface area contributed by atoms with E-state index in [0.717, 1.165) is 12.0 Å². The van der Waals surface area contributed by atoms with E-state index >= 15 is 0 Å². The van der Waals surface area contributed by atoms with Crippen molar-refractivity contribution in [3.05, 3.63) is 29.8 Å². The first kappa shape index (κ1) is 15.0. The number of carbonyl (C=O) groups is 2. The van der Waals surface area contributed by atoms with Gasteiger partial charge in [-0.15, -0.1) is 0 Å². The minimum absolute atomic E-state index is 0.0329. The molecule has 0 aliphatic carbocycles. The van der Waals surface area contributed by atoms with Crippen LogP contribution < -0.4 is 15.4 Å². The molecule has 104 valence electrons. The van der Waals surface area contributed by atoms with Crippen LogP contribution in [-0.4, -0.2) is 24.6 Å². The quantitative estimate of drug-likeness (QED) is 0.854. The highest BCUT2D eigenvalue weighted by atomic mass is 16.5. The van der Waals surface area contributed by atoms with Gasteiger partial charge in [0.15, 0.2) is 6.61 Å². The lowest BCUT2D eigenvalue weighted by Gasteiger charge is -2.12. The second kappa shape index (κ2) is 7.41. The lowest BCUT2D eigenvalue weighted by atomic mass is 10.2. The van der Waals surface area contributed by atoms with Gasteiger partial charge in [0, 0.05) is 6.04 Å². The highest BCUT2D eigenvalue weighted by molar-refractivity contribution is 5.95. The molecule has 5 heteroatoms. The molecule has 5 nitrogen and oxygen atoms in total. The number of aryl methyl sites for hydroxylation is 1. The van der Waals surface area contributed by atoms with Gasteiger partial charge in [-0.1, -0.05) is 19.1 Å². The third-order valence-electron chi connectivity index (χ3n) is 2.60. The molecule has 19 heavy (non-hydrogen) atoms. The van der Waals surface area contributed by atoms with Crippen LogP contribution in [0.25, 0.3) is 0 Å². The number of carbonyl (C=O) groups excluding carboxylic acids is 2. The molecule has 1 rings (SSSR count). The SMILES string of the molecule is CC[C@@H](C)NC(=O)NC(=O)COc1cccc(C)c1. The zero-order chi connectivity index (χ0) is 14.3. The van der Waals surface area contributed by atoms with Crippen LogP contribution in [0.5, 0.6) is 5.75 Å². The van der Waals surface area contributed by atoms with Gasteiger partial charge in [0.2, 0.25) is 0 Å². The van der Waals surface area contributed by atoms with Gasteiger partial charge < -0.3 is 10.1 Å². The Labute approximate surface area is 113 Å². The summed E-state index contributed by atoms with van der Waals surface area (Å²) in [7, 11) is 0. The fourth-order valence-corrected chi connectivity index (χ4v) is 1.38. The van der Waals surface area contributed by atoms with Gasteiger partial charge in [0.25, 0.3) is 5.91 Å². The zero-order valence-electron chi connectivity index (χ0n) is 11.5. The van der Waals surface area contributed by atoms with E-state index in [1.54, 1.807) is 6.07 Å². The van der Waals surface area contributed by atoms with E-state index in [1.807, 2.05) is 39.0 Å². The Bertz CT molecular complexity index is 446. The predicted octanol–water partition coefficient (Wildman–Crippen LogP) is 2.00. The lowest BCUT2D eigenvalue weighted by Crippen LogP contribution is -2.44. The van der Waals surface area contributed by atoms with Gasteiger partial charge in [0.05, 0.1) is 0 Å². The molecule has 0 heterocycles. The first-order valence-electron chi connectivity index (χ1n) is 6.31. The van der Waals surface area contributed by atoms with E-state index < -0.39 is 11.9 Å². The molecule has 2 N–H and O–H groups in total. The van der Waals surface area contributed by atoms with Gasteiger partial charge in [-0.25, -0.2) is 4.79 Å². The van der Waals surface area contributed by atoms with Crippen molar-refractivity contribution < 1.29 is 14.3 Å². The van der Waals surface area contributed by atoms with Crippen LogP contribution in [0.2, 0.25) is 0 Å². The first-order chi connectivity index (χ1) is 9.01. The fraction of sp³-hybridized carbons (Fsp3) is 0.429. The van der Waals surface area contributed by atoms with E-state index in [9.17, 15) is 9.59 Å². The van der Waals surface area contributed by atoms with E-state index in [4.69, 9.17) is 4.74 Å². The molecule has 0 fully saturated rings. The third-order valence-corrected chi connectivity index (χ3v) is 2.60. The molecule has 0 aliphatic rings. The van der Waals surface area contributed by atoms with Crippen LogP contribution in [0.15, 0.2) is 24.3 Å². The maximum atomic E-state index is 11.5. The lowest BCUT2D eigenvalue weighted by molar-refractivity contribution is -0.122. The van der Waals surface area contributed by atoms with Gasteiger partial charge in [-0.05, 0) is 38.0 Å². The number of amides is 3. The monoisotopic (exact) mass is 264 g/mol. The molecule has 1 atom stereocenters. The topological polar surface area (TPSA) is 67.4 Å². The molecular weight excluding hydrogens is 244 g/mol. The number of imide groups is 1. The van der Waals surface area contributed by atoms with Crippen LogP contribution in [0, 0.1) is 6.92 Å². The molecule has 1 aromatic rings. The van der Waals surface area contributed by atoms with Crippen LogP contribution >= 0.6 is 0 Å². The summed E-state index contributed by atoms with van der Waals surface area (Å²) in [5.74, 6) is 0.139. The number of hydrogen-bond acceptors (Lipinski definition) is 3. The Morgan fingerprint density at radius 3 is 2.74 bits per heavy atom. The van der Waals surface area contributed by atoms with Gasteiger partial charge in [-0.2, -0.15) is 0 Å². The summed E-state index contributed by atoms with van der Waals surface area (Å²) in [6.45, 7) is 5.57. The standard InChI is InChI=1S/C14H20N2O3/c1-4-11(3)15-14(18)16-13(17)9-19-12-7-5-6-10(2)8-12/h5-8,11H,4,9H2,1-3H3,(H2,15,16,17,18)/t11-/m1/s1. The van der Waals surface area contributed by atoms with Crippen LogP contribution in [0.4, 0.5) is 4.79 Å². The summed E-state index contributed by atoms with van der Waals surface area (Å²) in [4.78, 5) is 22.9. The predicted molar refractivity (Wildman–Crippen MR) is 73.1 cm³/mol. The highest BCUT2D eigenvalue weighted by Crippen LogP contribution is 2.11. The molecule has 0 unspecified atom stereocenters. The highest BCUT2D eigenvalue weighted by Gasteiger charge is 2.10. The van der Waals surface area contributed by atoms with Crippen LogP contribution in [-0.2, 0) is 4.79 Å². The number of urea groups is 1. The smallest absolute Gasteiger partial charge is 0.321 e. The number of benzene rings is 1. The van der Waals surface area contributed by atoms with Gasteiger partial charge >= 0.3 is 6.03 Å². The zero-order valence-corrected chi connectivity index (χ0v) is 11.5. The number of ether oxygens (including phenoxy) is 1. The first-order valence-corrected chi connectivity index (χ1v) is 6.31. The van der Waals surface area contributed by atoms with Gasteiger partial charge in [-0.3, -0.25) is 10.1 Å². The average Bonchev–Trinajstić information content (AvgIpc) is 2.36. The summed E-state index contributed by atoms with van der Waals surface area (Å²) < 4.78 is 5.29. The normalized spacial score (nSPS) is 11.5. The van der Waals surface area contributed by atoms with E-state index in [2.05, 4.69) is 10.6 Å². The second-order valence-corrected chi connectivity index (χ2v) is 4.44. The molecule has 0 aromatic heterocycles. The maximum absolute atomic E-state index is 11.5. The number of hydrogen-bond donors (Lipinski definition) is 2. The summed E-state index contributed by atoms with van der Waals surface area (Å²) in [5, 5.41) is 4.86. The molecule has 0 radical (unpaired) electrons. The van der Waals surface area contributed by atoms with Crippen LogP contribution in [0.1, 0.15) is 25.8 Å². The summed E-state index contributed by atoms with van der Waals surface area (Å²) in [6.07, 6.45) is 0.807. The van der Waals surface area contributed by atoms with Crippen molar-refractivity contribution in [3.63, 3.8) is 0 Å². The van der Waals surface area contributed by atoms with E-state index in [0.29, 0.717) is 5.75 Å². The fourth-order valence-electron chi connectivity index (χ4n) is 1.38. The minimum Gasteiger partial charge on any atom is -0.484 e. The van der Waals surface area contributed by atoms with Crippen molar-refractivity contribution in [1.29, 1.82) is 0 Å². The molecule has 0 saturated carbocycles. The number of rotatable bonds is 5. The molecule has 3 amide bonds. The summed E-state index contributed by atoms with van der Waals surface area (Å²) in [6, 6.07) is 6.91. The van der Waals surface area contributed by atoms with E-state index in [1.165, 1.54) is 0 Å². The third kappa shape index (κ3) is 5.90. The molecule has 0 spiro atoms. The molecule has 0 aliphatic heterocycles. The second-order valence-electron chi connectivity index (χ2n) is 4.44. The Kier molecular flexibility index (Phi) is 5.85. The minimum atomic E-state index is -0.493. The van der Waals surface area contributed by atoms with Crippen LogP contribution in [0.3, 0.4) is 0 Å². The molecule has 0 bridgehead atoms. The largest absolute Gasteiger partial charge is 0.484 e. The van der Waals surface area contributed by atoms with Gasteiger partial charge in [0.1, 0.15) is 5.75 Å². The molecule has 0 saturated heterocycles. The number of nitrogens with one attached hydrogen (secondary N) is 2. The Morgan fingerprint density at radius 2 is 2.11 bits per heavy atom.